The van der Waals surface area contributed by atoms with E-state index in [1.54, 1.807) is 0 Å². The molecule has 2 aromatic rings. The van der Waals surface area contributed by atoms with Crippen LogP contribution in [-0.4, -0.2) is 36.7 Å². The third-order valence-corrected chi connectivity index (χ3v) is 8.76. The normalized spacial score (nSPS) is 38.0. The predicted octanol–water partition coefficient (Wildman–Crippen LogP) is 2.57. The Morgan fingerprint density at radius 3 is 1.50 bits per heavy atom. The van der Waals surface area contributed by atoms with Crippen LogP contribution in [0.4, 0.5) is 0 Å². The molecule has 6 bridgehead atoms. The predicted molar refractivity (Wildman–Crippen MR) is 115 cm³/mol. The lowest BCUT2D eigenvalue weighted by molar-refractivity contribution is -0.215. The average Bonchev–Trinajstić information content (AvgIpc) is 2.80. The highest BCUT2D eigenvalue weighted by atomic mass is 16.1. The molecule has 4 nitrogen and oxygen atoms in total. The summed E-state index contributed by atoms with van der Waals surface area (Å²) in [6.45, 7) is 1.74. The van der Waals surface area contributed by atoms with Crippen molar-refractivity contribution >= 4 is 11.6 Å². The molecule has 4 saturated heterocycles. The molecule has 7 aliphatic rings. The van der Waals surface area contributed by atoms with Crippen molar-refractivity contribution in [2.45, 2.75) is 37.8 Å². The summed E-state index contributed by atoms with van der Waals surface area (Å²) in [4.78, 5) is 27.5. The highest BCUT2D eigenvalue weighted by Crippen LogP contribution is 2.67. The van der Waals surface area contributed by atoms with Gasteiger partial charge in [0.25, 0.3) is 0 Å². The molecule has 6 unspecified atom stereocenters. The van der Waals surface area contributed by atoms with Gasteiger partial charge >= 0.3 is 0 Å². The Morgan fingerprint density at radius 1 is 0.700 bits per heavy atom. The molecular weight excluding hydrogens is 372 g/mol. The van der Waals surface area contributed by atoms with Crippen LogP contribution >= 0.6 is 0 Å². The van der Waals surface area contributed by atoms with E-state index < -0.39 is 0 Å². The number of piperidine rings is 4. The standard InChI is InChI=1S/C26H28N2O2/c29-23(11-17-7-3-1-4-8-17)25-13-22-26(24(30)12-18-9-5-2-6-10-18)14-21(25)27-16-20(26)19(25)15-28-22/h1-10,19-22,27-28H,11-16H2. The molecule has 9 rings (SSSR count). The highest BCUT2D eigenvalue weighted by molar-refractivity contribution is 5.94. The molecule has 0 radical (unpaired) electrons. The maximum atomic E-state index is 13.7. The minimum absolute atomic E-state index is 0.127. The molecule has 0 aromatic heterocycles. The SMILES string of the molecule is O=C(Cc1ccccc1)C12CC3NCC1C1CNC2CC31C(=O)Cc1ccccc1. The number of hydrogen-bond donors (Lipinski definition) is 2. The summed E-state index contributed by atoms with van der Waals surface area (Å²) in [6, 6.07) is 20.5. The Morgan fingerprint density at radius 2 is 1.10 bits per heavy atom. The Bertz CT molecular complexity index is 909. The third kappa shape index (κ3) is 2.35. The number of carbonyl (C=O) groups excluding carboxylic acids is 2. The van der Waals surface area contributed by atoms with Gasteiger partial charge in [-0.2, -0.15) is 0 Å². The zero-order valence-electron chi connectivity index (χ0n) is 17.1. The molecule has 0 spiro atoms. The van der Waals surface area contributed by atoms with Crippen LogP contribution < -0.4 is 10.6 Å². The van der Waals surface area contributed by atoms with Gasteiger partial charge in [-0.3, -0.25) is 9.59 Å². The van der Waals surface area contributed by atoms with Gasteiger partial charge in [-0.15, -0.1) is 0 Å². The molecule has 4 aliphatic heterocycles. The summed E-state index contributed by atoms with van der Waals surface area (Å²) in [6.07, 6.45) is 2.61. The van der Waals surface area contributed by atoms with Crippen LogP contribution in [0, 0.1) is 22.7 Å². The lowest BCUT2D eigenvalue weighted by Crippen LogP contribution is -2.85. The first-order chi connectivity index (χ1) is 14.6. The molecule has 6 atom stereocenters. The van der Waals surface area contributed by atoms with Gasteiger partial charge in [-0.25, -0.2) is 0 Å². The molecule has 0 amide bonds. The number of carbonyl (C=O) groups is 2. The first-order valence-electron chi connectivity index (χ1n) is 11.3. The number of fused-ring (bicyclic) bond motifs is 2. The van der Waals surface area contributed by atoms with Crippen LogP contribution in [0.15, 0.2) is 60.7 Å². The number of nitrogens with one attached hydrogen (secondary N) is 2. The van der Waals surface area contributed by atoms with Crippen molar-refractivity contribution in [3.8, 4) is 0 Å². The molecule has 7 fully saturated rings. The lowest BCUT2D eigenvalue weighted by atomic mass is 9.35. The van der Waals surface area contributed by atoms with Crippen LogP contribution in [0.1, 0.15) is 24.0 Å². The van der Waals surface area contributed by atoms with E-state index >= 15 is 0 Å². The summed E-state index contributed by atoms with van der Waals surface area (Å²) in [5.74, 6) is 1.27. The fraction of sp³-hybridized carbons (Fsp3) is 0.462. The Labute approximate surface area is 177 Å². The zero-order valence-corrected chi connectivity index (χ0v) is 17.1. The maximum Gasteiger partial charge on any atom is 0.145 e. The largest absolute Gasteiger partial charge is 0.313 e. The van der Waals surface area contributed by atoms with Crippen LogP contribution in [0.5, 0.6) is 0 Å². The Hall–Kier alpha value is -2.30. The topological polar surface area (TPSA) is 58.2 Å². The van der Waals surface area contributed by atoms with E-state index in [4.69, 9.17) is 0 Å². The van der Waals surface area contributed by atoms with Gasteiger partial charge in [0.2, 0.25) is 0 Å². The van der Waals surface area contributed by atoms with E-state index in [9.17, 15) is 9.59 Å². The van der Waals surface area contributed by atoms with E-state index in [1.807, 2.05) is 36.4 Å². The van der Waals surface area contributed by atoms with E-state index in [-0.39, 0.29) is 34.7 Å². The number of hydrogen-bond acceptors (Lipinski definition) is 4. The summed E-state index contributed by atoms with van der Waals surface area (Å²) < 4.78 is 0. The monoisotopic (exact) mass is 400 g/mol. The fourth-order valence-corrected chi connectivity index (χ4v) is 7.48. The average molecular weight is 401 g/mol. The van der Waals surface area contributed by atoms with Gasteiger partial charge in [0.1, 0.15) is 11.6 Å². The molecule has 2 aromatic carbocycles. The Kier molecular flexibility index (Phi) is 4.06. The van der Waals surface area contributed by atoms with Gasteiger partial charge in [-0.1, -0.05) is 60.7 Å². The number of rotatable bonds is 6. The van der Waals surface area contributed by atoms with Crippen molar-refractivity contribution in [1.82, 2.24) is 10.6 Å². The number of benzene rings is 2. The number of ketones is 2. The summed E-state index contributed by atoms with van der Waals surface area (Å²) in [7, 11) is 0. The van der Waals surface area contributed by atoms with E-state index in [0.717, 1.165) is 37.1 Å². The van der Waals surface area contributed by atoms with Gasteiger partial charge in [0.15, 0.2) is 0 Å². The second kappa shape index (κ2) is 6.60. The molecule has 154 valence electrons. The van der Waals surface area contributed by atoms with Crippen molar-refractivity contribution in [3.05, 3.63) is 71.8 Å². The lowest BCUT2D eigenvalue weighted by Gasteiger charge is -2.74. The molecule has 4 heteroatoms. The van der Waals surface area contributed by atoms with E-state index in [1.165, 1.54) is 0 Å². The fourth-order valence-electron chi connectivity index (χ4n) is 7.48. The van der Waals surface area contributed by atoms with Gasteiger partial charge in [0, 0.05) is 24.9 Å². The second-order valence-corrected chi connectivity index (χ2v) is 9.79. The molecule has 4 heterocycles. The molecule has 2 N–H and O–H groups in total. The molecule has 30 heavy (non-hydrogen) atoms. The minimum atomic E-state index is -0.316. The molecule has 3 saturated carbocycles. The van der Waals surface area contributed by atoms with Crippen molar-refractivity contribution < 1.29 is 9.59 Å². The van der Waals surface area contributed by atoms with Crippen molar-refractivity contribution in [2.24, 2.45) is 22.7 Å². The van der Waals surface area contributed by atoms with Crippen molar-refractivity contribution in [3.63, 3.8) is 0 Å². The van der Waals surface area contributed by atoms with E-state index in [2.05, 4.69) is 34.9 Å². The highest BCUT2D eigenvalue weighted by Gasteiger charge is 2.76. The van der Waals surface area contributed by atoms with Crippen LogP contribution in [0.3, 0.4) is 0 Å². The quantitative estimate of drug-likeness (QED) is 0.783. The number of Topliss-reactive ketones (excluding diaryl/α,β-unsaturated/α-hetero) is 2. The second-order valence-electron chi connectivity index (χ2n) is 9.79. The first-order valence-corrected chi connectivity index (χ1v) is 11.3. The maximum absolute atomic E-state index is 13.7. The Balaban J connectivity index is 1.33. The van der Waals surface area contributed by atoms with Gasteiger partial charge in [-0.05, 0) is 48.9 Å². The summed E-state index contributed by atoms with van der Waals surface area (Å²) >= 11 is 0. The van der Waals surface area contributed by atoms with Crippen LogP contribution in [-0.2, 0) is 22.4 Å². The first kappa shape index (κ1) is 18.5. The third-order valence-electron chi connectivity index (χ3n) is 8.76. The molecule has 3 aliphatic carbocycles. The zero-order chi connectivity index (χ0) is 20.3. The molecular formula is C26H28N2O2. The van der Waals surface area contributed by atoms with Crippen LogP contribution in [0.2, 0.25) is 0 Å². The summed E-state index contributed by atoms with van der Waals surface area (Å²) in [5, 5.41) is 7.37. The minimum Gasteiger partial charge on any atom is -0.313 e. The van der Waals surface area contributed by atoms with Crippen molar-refractivity contribution in [1.29, 1.82) is 0 Å². The summed E-state index contributed by atoms with van der Waals surface area (Å²) in [5.41, 5.74) is 1.56. The van der Waals surface area contributed by atoms with Gasteiger partial charge in [0.05, 0.1) is 10.8 Å². The van der Waals surface area contributed by atoms with Gasteiger partial charge < -0.3 is 10.6 Å². The van der Waals surface area contributed by atoms with Crippen LogP contribution in [0.25, 0.3) is 0 Å². The van der Waals surface area contributed by atoms with Crippen molar-refractivity contribution in [2.75, 3.05) is 13.1 Å². The smallest absolute Gasteiger partial charge is 0.145 e. The van der Waals surface area contributed by atoms with E-state index in [0.29, 0.717) is 24.4 Å².